The van der Waals surface area contributed by atoms with Gasteiger partial charge in [0.15, 0.2) is 5.65 Å². The average Bonchev–Trinajstić information content (AvgIpc) is 2.82. The summed E-state index contributed by atoms with van der Waals surface area (Å²) in [6, 6.07) is 5.48. The van der Waals surface area contributed by atoms with E-state index in [9.17, 15) is 0 Å². The SMILES string of the molecule is Cc1occc1-c1nc2nc(N)ccc2[nH]1. The number of nitrogens with zero attached hydrogens (tertiary/aromatic N) is 2. The molecule has 0 fully saturated rings. The molecule has 5 heteroatoms. The van der Waals surface area contributed by atoms with Gasteiger partial charge in [0.2, 0.25) is 0 Å². The van der Waals surface area contributed by atoms with Crippen molar-refractivity contribution in [2.24, 2.45) is 0 Å². The van der Waals surface area contributed by atoms with E-state index in [2.05, 4.69) is 15.0 Å². The van der Waals surface area contributed by atoms with Crippen LogP contribution in [0.1, 0.15) is 5.76 Å². The van der Waals surface area contributed by atoms with Gasteiger partial charge < -0.3 is 15.1 Å². The second kappa shape index (κ2) is 3.10. The molecule has 5 nitrogen and oxygen atoms in total. The Hall–Kier alpha value is -2.30. The van der Waals surface area contributed by atoms with Crippen LogP contribution in [0.2, 0.25) is 0 Å². The number of hydrogen-bond donors (Lipinski definition) is 2. The number of nitrogens with two attached hydrogens (primary N) is 1. The van der Waals surface area contributed by atoms with Crippen LogP contribution in [-0.2, 0) is 0 Å². The second-order valence-corrected chi connectivity index (χ2v) is 3.58. The minimum Gasteiger partial charge on any atom is -0.469 e. The van der Waals surface area contributed by atoms with Crippen LogP contribution in [0.5, 0.6) is 0 Å². The summed E-state index contributed by atoms with van der Waals surface area (Å²) in [5.41, 5.74) is 8.03. The van der Waals surface area contributed by atoms with Crippen molar-refractivity contribution in [2.75, 3.05) is 5.73 Å². The third-order valence-electron chi connectivity index (χ3n) is 2.48. The average molecular weight is 214 g/mol. The van der Waals surface area contributed by atoms with Crippen molar-refractivity contribution in [2.45, 2.75) is 6.92 Å². The number of aryl methyl sites for hydroxylation is 1. The standard InChI is InChI=1S/C11H10N4O/c1-6-7(4-5-16-6)10-13-8-2-3-9(12)14-11(8)15-10/h2-5H,1H3,(H3,12,13,14,15). The van der Waals surface area contributed by atoms with Crippen LogP contribution in [0.4, 0.5) is 5.82 Å². The lowest BCUT2D eigenvalue weighted by atomic mass is 10.2. The molecule has 0 bridgehead atoms. The van der Waals surface area contributed by atoms with Gasteiger partial charge in [0.05, 0.1) is 17.3 Å². The number of furan rings is 1. The fourth-order valence-electron chi connectivity index (χ4n) is 1.67. The smallest absolute Gasteiger partial charge is 0.180 e. The zero-order valence-corrected chi connectivity index (χ0v) is 8.69. The van der Waals surface area contributed by atoms with Crippen molar-refractivity contribution in [3.63, 3.8) is 0 Å². The first-order valence-corrected chi connectivity index (χ1v) is 4.91. The minimum absolute atomic E-state index is 0.467. The first-order valence-electron chi connectivity index (χ1n) is 4.91. The molecule has 3 heterocycles. The number of nitrogen functional groups attached to an aromatic ring is 1. The van der Waals surface area contributed by atoms with Crippen LogP contribution in [-0.4, -0.2) is 15.0 Å². The highest BCUT2D eigenvalue weighted by atomic mass is 16.3. The van der Waals surface area contributed by atoms with Gasteiger partial charge in [-0.15, -0.1) is 0 Å². The number of rotatable bonds is 1. The zero-order valence-electron chi connectivity index (χ0n) is 8.69. The number of imidazole rings is 1. The number of aromatic amines is 1. The van der Waals surface area contributed by atoms with E-state index in [4.69, 9.17) is 10.2 Å². The summed E-state index contributed by atoms with van der Waals surface area (Å²) in [6.07, 6.45) is 1.64. The van der Waals surface area contributed by atoms with Crippen LogP contribution in [0.15, 0.2) is 28.9 Å². The van der Waals surface area contributed by atoms with Gasteiger partial charge in [-0.05, 0) is 25.1 Å². The summed E-state index contributed by atoms with van der Waals surface area (Å²) in [5, 5.41) is 0. The van der Waals surface area contributed by atoms with E-state index in [1.54, 1.807) is 12.3 Å². The molecule has 16 heavy (non-hydrogen) atoms. The van der Waals surface area contributed by atoms with Gasteiger partial charge in [0, 0.05) is 0 Å². The van der Waals surface area contributed by atoms with Gasteiger partial charge in [0.25, 0.3) is 0 Å². The maximum Gasteiger partial charge on any atom is 0.180 e. The Labute approximate surface area is 91.3 Å². The lowest BCUT2D eigenvalue weighted by Crippen LogP contribution is -1.88. The first kappa shape index (κ1) is 8.96. The molecule has 80 valence electrons. The Morgan fingerprint density at radius 1 is 1.25 bits per heavy atom. The highest BCUT2D eigenvalue weighted by Crippen LogP contribution is 2.23. The normalized spacial score (nSPS) is 11.1. The topological polar surface area (TPSA) is 80.7 Å². The van der Waals surface area contributed by atoms with Crippen LogP contribution in [0.25, 0.3) is 22.6 Å². The Bertz CT molecular complexity index is 653. The number of hydrogen-bond acceptors (Lipinski definition) is 4. The van der Waals surface area contributed by atoms with E-state index in [-0.39, 0.29) is 0 Å². The largest absolute Gasteiger partial charge is 0.469 e. The number of pyridine rings is 1. The van der Waals surface area contributed by atoms with E-state index in [1.807, 2.05) is 19.1 Å². The molecule has 0 radical (unpaired) electrons. The van der Waals surface area contributed by atoms with Crippen molar-refractivity contribution >= 4 is 17.0 Å². The molecule has 3 rings (SSSR count). The second-order valence-electron chi connectivity index (χ2n) is 3.58. The number of nitrogens with one attached hydrogen (secondary N) is 1. The molecule has 0 spiro atoms. The predicted molar refractivity (Wildman–Crippen MR) is 60.7 cm³/mol. The van der Waals surface area contributed by atoms with E-state index in [0.29, 0.717) is 11.5 Å². The maximum atomic E-state index is 5.60. The van der Waals surface area contributed by atoms with E-state index in [0.717, 1.165) is 22.7 Å². The van der Waals surface area contributed by atoms with Crippen molar-refractivity contribution in [1.82, 2.24) is 15.0 Å². The molecule has 0 unspecified atom stereocenters. The van der Waals surface area contributed by atoms with Gasteiger partial charge in [-0.3, -0.25) is 0 Å². The molecule has 0 amide bonds. The van der Waals surface area contributed by atoms with Crippen molar-refractivity contribution in [1.29, 1.82) is 0 Å². The number of H-pyrrole nitrogens is 1. The molecular formula is C11H10N4O. The Morgan fingerprint density at radius 2 is 2.12 bits per heavy atom. The number of aromatic nitrogens is 3. The van der Waals surface area contributed by atoms with Gasteiger partial charge in [0.1, 0.15) is 17.4 Å². The van der Waals surface area contributed by atoms with Crippen molar-refractivity contribution in [3.8, 4) is 11.4 Å². The molecule has 0 saturated carbocycles. The molecule has 0 aliphatic heterocycles. The summed E-state index contributed by atoms with van der Waals surface area (Å²) in [5.74, 6) is 2.04. The summed E-state index contributed by atoms with van der Waals surface area (Å²) >= 11 is 0. The molecule has 3 N–H and O–H groups in total. The Balaban J connectivity index is 2.23. The molecule has 0 aliphatic carbocycles. The zero-order chi connectivity index (χ0) is 11.1. The van der Waals surface area contributed by atoms with E-state index >= 15 is 0 Å². The quantitative estimate of drug-likeness (QED) is 0.650. The Morgan fingerprint density at radius 3 is 2.88 bits per heavy atom. The lowest BCUT2D eigenvalue weighted by molar-refractivity contribution is 0.535. The molecule has 3 aromatic heterocycles. The fraction of sp³-hybridized carbons (Fsp3) is 0.0909. The molecule has 0 aromatic carbocycles. The van der Waals surface area contributed by atoms with Crippen LogP contribution in [0.3, 0.4) is 0 Å². The van der Waals surface area contributed by atoms with Crippen LogP contribution in [0, 0.1) is 6.92 Å². The summed E-state index contributed by atoms with van der Waals surface area (Å²) in [4.78, 5) is 11.7. The maximum absolute atomic E-state index is 5.60. The monoisotopic (exact) mass is 214 g/mol. The predicted octanol–water partition coefficient (Wildman–Crippen LogP) is 2.11. The van der Waals surface area contributed by atoms with Gasteiger partial charge in [-0.2, -0.15) is 0 Å². The lowest BCUT2D eigenvalue weighted by Gasteiger charge is -1.90. The fourth-order valence-corrected chi connectivity index (χ4v) is 1.67. The van der Waals surface area contributed by atoms with Crippen LogP contribution < -0.4 is 5.73 Å². The summed E-state index contributed by atoms with van der Waals surface area (Å²) in [7, 11) is 0. The summed E-state index contributed by atoms with van der Waals surface area (Å²) < 4.78 is 5.23. The third kappa shape index (κ3) is 1.25. The third-order valence-corrected chi connectivity index (χ3v) is 2.48. The van der Waals surface area contributed by atoms with Gasteiger partial charge >= 0.3 is 0 Å². The Kier molecular flexibility index (Phi) is 1.73. The highest BCUT2D eigenvalue weighted by molar-refractivity contribution is 5.77. The van der Waals surface area contributed by atoms with Crippen LogP contribution >= 0.6 is 0 Å². The van der Waals surface area contributed by atoms with E-state index in [1.165, 1.54) is 0 Å². The molecule has 3 aromatic rings. The summed E-state index contributed by atoms with van der Waals surface area (Å²) in [6.45, 7) is 1.89. The number of anilines is 1. The molecule has 0 aliphatic rings. The minimum atomic E-state index is 0.467. The first-order chi connectivity index (χ1) is 7.74. The van der Waals surface area contributed by atoms with E-state index < -0.39 is 0 Å². The van der Waals surface area contributed by atoms with Crippen molar-refractivity contribution in [3.05, 3.63) is 30.2 Å². The molecular weight excluding hydrogens is 204 g/mol. The number of fused-ring (bicyclic) bond motifs is 1. The highest BCUT2D eigenvalue weighted by Gasteiger charge is 2.10. The van der Waals surface area contributed by atoms with Gasteiger partial charge in [-0.25, -0.2) is 9.97 Å². The van der Waals surface area contributed by atoms with Gasteiger partial charge in [-0.1, -0.05) is 0 Å². The van der Waals surface area contributed by atoms with Crippen molar-refractivity contribution < 1.29 is 4.42 Å². The molecule has 0 atom stereocenters. The molecule has 0 saturated heterocycles.